The van der Waals surface area contributed by atoms with Gasteiger partial charge in [0, 0.05) is 0 Å². The minimum absolute atomic E-state index is 0.0456. The number of isocyanates is 1. The fourth-order valence-electron chi connectivity index (χ4n) is 0.992. The van der Waals surface area contributed by atoms with Gasteiger partial charge < -0.3 is 4.74 Å². The fraction of sp³-hybridized carbons (Fsp3) is 0.0909. The third kappa shape index (κ3) is 2.87. The van der Waals surface area contributed by atoms with E-state index in [1.54, 1.807) is 0 Å². The number of hydrogen-bond acceptors (Lipinski definition) is 4. The smallest absolute Gasteiger partial charge is 0.338 e. The second kappa shape index (κ2) is 5.58. The van der Waals surface area contributed by atoms with Gasteiger partial charge in [0.15, 0.2) is 5.82 Å². The lowest BCUT2D eigenvalue weighted by molar-refractivity contribution is 0.0549. The summed E-state index contributed by atoms with van der Waals surface area (Å²) in [5.41, 5.74) is -0.125. The molecule has 0 aliphatic heterocycles. The van der Waals surface area contributed by atoms with Gasteiger partial charge in [-0.25, -0.2) is 14.0 Å². The molecule has 0 radical (unpaired) electrons. The van der Waals surface area contributed by atoms with Gasteiger partial charge >= 0.3 is 5.97 Å². The first-order chi connectivity index (χ1) is 7.69. The molecule has 0 saturated heterocycles. The lowest BCUT2D eigenvalue weighted by Crippen LogP contribution is -2.05. The molecule has 16 heavy (non-hydrogen) atoms. The molecule has 0 spiro atoms. The number of carbonyl (C=O) groups excluding carboxylic acids is 2. The maximum atomic E-state index is 13.2. The molecule has 0 aliphatic carbocycles. The van der Waals surface area contributed by atoms with Gasteiger partial charge in [-0.3, -0.25) is 0 Å². The third-order valence-corrected chi connectivity index (χ3v) is 1.68. The van der Waals surface area contributed by atoms with E-state index in [-0.39, 0.29) is 17.9 Å². The second-order valence-corrected chi connectivity index (χ2v) is 2.76. The Kier molecular flexibility index (Phi) is 4.12. The standard InChI is InChI=1S/C11H8FNO3/c1-2-5-16-11(15)8-3-4-10(13-7-14)9(12)6-8/h2-4,6H,1,5H2. The molecule has 0 atom stereocenters. The van der Waals surface area contributed by atoms with Crippen molar-refractivity contribution in [1.29, 1.82) is 0 Å². The van der Waals surface area contributed by atoms with Gasteiger partial charge in [-0.05, 0) is 18.2 Å². The Bertz CT molecular complexity index is 464. The van der Waals surface area contributed by atoms with Crippen LogP contribution >= 0.6 is 0 Å². The molecule has 0 unspecified atom stereocenters. The molecule has 4 nitrogen and oxygen atoms in total. The lowest BCUT2D eigenvalue weighted by atomic mass is 10.2. The van der Waals surface area contributed by atoms with Crippen molar-refractivity contribution >= 4 is 17.7 Å². The van der Waals surface area contributed by atoms with Gasteiger partial charge in [-0.2, -0.15) is 4.99 Å². The lowest BCUT2D eigenvalue weighted by Gasteiger charge is -2.02. The van der Waals surface area contributed by atoms with Gasteiger partial charge in [-0.15, -0.1) is 0 Å². The van der Waals surface area contributed by atoms with Crippen molar-refractivity contribution in [3.05, 3.63) is 42.2 Å². The van der Waals surface area contributed by atoms with Crippen LogP contribution in [0.2, 0.25) is 0 Å². The number of benzene rings is 1. The van der Waals surface area contributed by atoms with E-state index in [1.165, 1.54) is 24.3 Å². The Morgan fingerprint density at radius 1 is 1.62 bits per heavy atom. The predicted molar refractivity (Wildman–Crippen MR) is 54.7 cm³/mol. The molecule has 0 bridgehead atoms. The zero-order valence-corrected chi connectivity index (χ0v) is 8.27. The summed E-state index contributed by atoms with van der Waals surface area (Å²) in [4.78, 5) is 24.3. The van der Waals surface area contributed by atoms with E-state index in [1.807, 2.05) is 0 Å². The van der Waals surface area contributed by atoms with Crippen LogP contribution in [0.15, 0.2) is 35.8 Å². The zero-order valence-electron chi connectivity index (χ0n) is 8.27. The van der Waals surface area contributed by atoms with Gasteiger partial charge in [0.2, 0.25) is 6.08 Å². The van der Waals surface area contributed by atoms with Crippen molar-refractivity contribution < 1.29 is 18.7 Å². The number of esters is 1. The molecule has 0 N–H and O–H groups in total. The van der Waals surface area contributed by atoms with E-state index in [2.05, 4.69) is 11.6 Å². The number of carbonyl (C=O) groups is 1. The van der Waals surface area contributed by atoms with E-state index in [0.717, 1.165) is 6.07 Å². The van der Waals surface area contributed by atoms with Crippen LogP contribution in [0.5, 0.6) is 0 Å². The van der Waals surface area contributed by atoms with E-state index in [0.29, 0.717) is 0 Å². The van der Waals surface area contributed by atoms with E-state index < -0.39 is 11.8 Å². The molecule has 0 fully saturated rings. The first-order valence-electron chi connectivity index (χ1n) is 4.34. The summed E-state index contributed by atoms with van der Waals surface area (Å²) >= 11 is 0. The molecule has 0 heterocycles. The number of hydrogen-bond donors (Lipinski definition) is 0. The number of rotatable bonds is 4. The molecule has 1 rings (SSSR count). The van der Waals surface area contributed by atoms with Gasteiger partial charge in [0.1, 0.15) is 12.3 Å². The summed E-state index contributed by atoms with van der Waals surface area (Å²) in [5.74, 6) is -1.45. The molecule has 0 aliphatic rings. The summed E-state index contributed by atoms with van der Waals surface area (Å²) in [5, 5.41) is 0. The molecule has 5 heteroatoms. The van der Waals surface area contributed by atoms with Crippen LogP contribution in [0.1, 0.15) is 10.4 Å². The Morgan fingerprint density at radius 2 is 2.38 bits per heavy atom. The molecule has 82 valence electrons. The number of nitrogens with zero attached hydrogens (tertiary/aromatic N) is 1. The largest absolute Gasteiger partial charge is 0.458 e. The average Bonchev–Trinajstić information content (AvgIpc) is 2.29. The first-order valence-corrected chi connectivity index (χ1v) is 4.34. The zero-order chi connectivity index (χ0) is 12.0. The predicted octanol–water partition coefficient (Wildman–Crippen LogP) is 2.14. The summed E-state index contributed by atoms with van der Waals surface area (Å²) in [6.07, 6.45) is 2.62. The first kappa shape index (κ1) is 11.8. The van der Waals surface area contributed by atoms with Crippen LogP contribution in [0.4, 0.5) is 10.1 Å². The van der Waals surface area contributed by atoms with Crippen LogP contribution in [0.25, 0.3) is 0 Å². The Morgan fingerprint density at radius 3 is 2.94 bits per heavy atom. The average molecular weight is 221 g/mol. The molecular formula is C11H8FNO3. The van der Waals surface area contributed by atoms with Crippen molar-refractivity contribution in [3.63, 3.8) is 0 Å². The van der Waals surface area contributed by atoms with Gasteiger partial charge in [0.05, 0.1) is 5.56 Å². The van der Waals surface area contributed by atoms with Crippen LogP contribution in [-0.4, -0.2) is 18.7 Å². The topological polar surface area (TPSA) is 55.7 Å². The molecule has 0 aromatic heterocycles. The van der Waals surface area contributed by atoms with Crippen molar-refractivity contribution in [1.82, 2.24) is 0 Å². The minimum atomic E-state index is -0.781. The van der Waals surface area contributed by atoms with Crippen LogP contribution < -0.4 is 0 Å². The maximum Gasteiger partial charge on any atom is 0.338 e. The molecule has 0 saturated carbocycles. The quantitative estimate of drug-likeness (QED) is 0.338. The fourth-order valence-corrected chi connectivity index (χ4v) is 0.992. The molecule has 1 aromatic carbocycles. The highest BCUT2D eigenvalue weighted by atomic mass is 19.1. The normalized spacial score (nSPS) is 9.06. The summed E-state index contributed by atoms with van der Waals surface area (Å²) in [7, 11) is 0. The van der Waals surface area contributed by atoms with Crippen LogP contribution in [-0.2, 0) is 9.53 Å². The second-order valence-electron chi connectivity index (χ2n) is 2.76. The Balaban J connectivity index is 2.92. The number of aliphatic imine (C=N–C) groups is 1. The third-order valence-electron chi connectivity index (χ3n) is 1.68. The van der Waals surface area contributed by atoms with Gasteiger partial charge in [0.25, 0.3) is 0 Å². The van der Waals surface area contributed by atoms with Crippen LogP contribution in [0, 0.1) is 5.82 Å². The summed E-state index contributed by atoms with van der Waals surface area (Å²) in [6, 6.07) is 3.46. The Hall–Kier alpha value is -2.26. The molecule has 0 amide bonds. The summed E-state index contributed by atoms with van der Waals surface area (Å²) < 4.78 is 17.9. The molecule has 1 aromatic rings. The van der Waals surface area contributed by atoms with Crippen LogP contribution in [0.3, 0.4) is 0 Å². The minimum Gasteiger partial charge on any atom is -0.458 e. The van der Waals surface area contributed by atoms with Crippen molar-refractivity contribution in [2.45, 2.75) is 0 Å². The monoisotopic (exact) mass is 221 g/mol. The van der Waals surface area contributed by atoms with Crippen molar-refractivity contribution in [2.24, 2.45) is 4.99 Å². The Labute approximate surface area is 91.1 Å². The van der Waals surface area contributed by atoms with Crippen molar-refractivity contribution in [3.8, 4) is 0 Å². The van der Waals surface area contributed by atoms with Gasteiger partial charge in [-0.1, -0.05) is 12.7 Å². The highest BCUT2D eigenvalue weighted by molar-refractivity contribution is 5.89. The highest BCUT2D eigenvalue weighted by Crippen LogP contribution is 2.18. The van der Waals surface area contributed by atoms with E-state index in [9.17, 15) is 14.0 Å². The number of halogens is 1. The highest BCUT2D eigenvalue weighted by Gasteiger charge is 2.09. The summed E-state index contributed by atoms with van der Waals surface area (Å²) in [6.45, 7) is 3.42. The van der Waals surface area contributed by atoms with E-state index in [4.69, 9.17) is 4.74 Å². The SMILES string of the molecule is C=CCOC(=O)c1ccc(N=C=O)c(F)c1. The van der Waals surface area contributed by atoms with Crippen molar-refractivity contribution in [2.75, 3.05) is 6.61 Å². The number of ether oxygens (including phenoxy) is 1. The van der Waals surface area contributed by atoms with E-state index >= 15 is 0 Å². The molecular weight excluding hydrogens is 213 g/mol. The maximum absolute atomic E-state index is 13.2.